The van der Waals surface area contributed by atoms with Crippen molar-refractivity contribution in [2.24, 2.45) is 0 Å². The fraction of sp³-hybridized carbons (Fsp3) is 0.318. The van der Waals surface area contributed by atoms with E-state index in [4.69, 9.17) is 9.47 Å². The van der Waals surface area contributed by atoms with E-state index in [9.17, 15) is 4.79 Å². The van der Waals surface area contributed by atoms with Gasteiger partial charge in [-0.2, -0.15) is 0 Å². The van der Waals surface area contributed by atoms with E-state index in [1.54, 1.807) is 11.3 Å². The normalized spacial score (nSPS) is 15.9. The Labute approximate surface area is 175 Å². The van der Waals surface area contributed by atoms with Crippen LogP contribution in [0.25, 0.3) is 11.6 Å². The molecular weight excluding hydrogens is 394 g/mol. The lowest BCUT2D eigenvalue weighted by Gasteiger charge is -2.21. The van der Waals surface area contributed by atoms with E-state index >= 15 is 0 Å². The zero-order valence-corrected chi connectivity index (χ0v) is 17.5. The first-order valence-electron chi connectivity index (χ1n) is 9.38. The third-order valence-corrected chi connectivity index (χ3v) is 5.86. The van der Waals surface area contributed by atoms with E-state index in [1.807, 2.05) is 25.1 Å². The first-order valence-corrected chi connectivity index (χ1v) is 10.3. The van der Waals surface area contributed by atoms with Crippen LogP contribution in [0, 0.1) is 0 Å². The summed E-state index contributed by atoms with van der Waals surface area (Å²) in [5.74, 6) is 0.592. The van der Waals surface area contributed by atoms with Crippen LogP contribution in [0.1, 0.15) is 41.3 Å². The molecule has 4 rings (SSSR count). The molecule has 0 bridgehead atoms. The van der Waals surface area contributed by atoms with Crippen molar-refractivity contribution < 1.29 is 14.3 Å². The summed E-state index contributed by atoms with van der Waals surface area (Å²) in [6.45, 7) is 4.81. The maximum atomic E-state index is 11.7. The van der Waals surface area contributed by atoms with Gasteiger partial charge in [0.25, 0.3) is 0 Å². The van der Waals surface area contributed by atoms with Gasteiger partial charge in [0.1, 0.15) is 12.4 Å². The van der Waals surface area contributed by atoms with E-state index in [-0.39, 0.29) is 18.4 Å². The summed E-state index contributed by atoms with van der Waals surface area (Å²) in [6.07, 6.45) is 5.39. The van der Waals surface area contributed by atoms with Crippen LogP contribution in [0.3, 0.4) is 0 Å². The maximum absolute atomic E-state index is 11.7. The van der Waals surface area contributed by atoms with Gasteiger partial charge in [0.15, 0.2) is 0 Å². The standard InChI is InChI=1S/C22H23NO3S.ClH/c1-2-25-20(24)6-4-15-3-5-19-18(13-15)21(16-7-10-23-11-8-16)22-17(14-26-19)9-12-27-22;/h3-6,9,12-13,23H,2,7-8,10-11,14H2,1H3;1H. The van der Waals surface area contributed by atoms with Crippen molar-refractivity contribution in [3.63, 3.8) is 0 Å². The highest BCUT2D eigenvalue weighted by Gasteiger charge is 2.24. The highest BCUT2D eigenvalue weighted by Crippen LogP contribution is 2.43. The second kappa shape index (κ2) is 9.41. The SMILES string of the molecule is CCOC(=O)C=Cc1ccc2c(c1)C(=C1CCNCC1)c1sccc1CO2.Cl. The Bertz CT molecular complexity index is 908. The summed E-state index contributed by atoms with van der Waals surface area (Å²) in [7, 11) is 0. The Balaban J connectivity index is 0.00000225. The van der Waals surface area contributed by atoms with E-state index < -0.39 is 0 Å². The molecular formula is C22H24ClNO3S. The molecule has 28 heavy (non-hydrogen) atoms. The lowest BCUT2D eigenvalue weighted by molar-refractivity contribution is -0.137. The molecule has 0 radical (unpaired) electrons. The van der Waals surface area contributed by atoms with Gasteiger partial charge in [0.2, 0.25) is 0 Å². The molecule has 0 aliphatic carbocycles. The molecule has 0 saturated carbocycles. The predicted molar refractivity (Wildman–Crippen MR) is 116 cm³/mol. The number of hydrogen-bond acceptors (Lipinski definition) is 5. The maximum Gasteiger partial charge on any atom is 0.330 e. The minimum absolute atomic E-state index is 0. The average molecular weight is 418 g/mol. The number of halogens is 1. The van der Waals surface area contributed by atoms with Crippen molar-refractivity contribution in [3.05, 3.63) is 62.9 Å². The number of esters is 1. The lowest BCUT2D eigenvalue weighted by Crippen LogP contribution is -2.23. The predicted octanol–water partition coefficient (Wildman–Crippen LogP) is 4.82. The molecule has 148 valence electrons. The number of fused-ring (bicyclic) bond motifs is 2. The van der Waals surface area contributed by atoms with Crippen molar-refractivity contribution in [2.45, 2.75) is 26.4 Å². The van der Waals surface area contributed by atoms with Gasteiger partial charge in [-0.25, -0.2) is 4.79 Å². The van der Waals surface area contributed by atoms with Gasteiger partial charge >= 0.3 is 5.97 Å². The first-order chi connectivity index (χ1) is 13.3. The highest BCUT2D eigenvalue weighted by atomic mass is 35.5. The zero-order chi connectivity index (χ0) is 18.6. The van der Waals surface area contributed by atoms with E-state index in [1.165, 1.54) is 27.7 Å². The molecule has 4 nitrogen and oxygen atoms in total. The summed E-state index contributed by atoms with van der Waals surface area (Å²) < 4.78 is 11.1. The van der Waals surface area contributed by atoms with Crippen LogP contribution in [0.2, 0.25) is 0 Å². The minimum atomic E-state index is -0.318. The van der Waals surface area contributed by atoms with Gasteiger partial charge < -0.3 is 14.8 Å². The van der Waals surface area contributed by atoms with Gasteiger partial charge in [-0.05, 0) is 68.1 Å². The molecule has 1 saturated heterocycles. The number of hydrogen-bond donors (Lipinski definition) is 1. The van der Waals surface area contributed by atoms with Crippen LogP contribution >= 0.6 is 23.7 Å². The third-order valence-electron chi connectivity index (χ3n) is 4.89. The number of rotatable bonds is 3. The van der Waals surface area contributed by atoms with Crippen molar-refractivity contribution in [1.82, 2.24) is 5.32 Å². The molecule has 1 aromatic carbocycles. The van der Waals surface area contributed by atoms with Crippen LogP contribution in [-0.2, 0) is 16.1 Å². The molecule has 3 heterocycles. The van der Waals surface area contributed by atoms with Crippen LogP contribution < -0.4 is 10.1 Å². The van der Waals surface area contributed by atoms with Gasteiger partial charge in [-0.1, -0.05) is 11.6 Å². The number of nitrogens with one attached hydrogen (secondary N) is 1. The molecule has 0 unspecified atom stereocenters. The fourth-order valence-corrected chi connectivity index (χ4v) is 4.62. The number of benzene rings is 1. The average Bonchev–Trinajstić information content (AvgIpc) is 3.09. The van der Waals surface area contributed by atoms with Gasteiger partial charge in [0, 0.05) is 27.7 Å². The largest absolute Gasteiger partial charge is 0.488 e. The molecule has 6 heteroatoms. The molecule has 1 fully saturated rings. The molecule has 0 atom stereocenters. The van der Waals surface area contributed by atoms with Crippen LogP contribution in [0.15, 0.2) is 41.3 Å². The Kier molecular flexibility index (Phi) is 6.94. The summed E-state index contributed by atoms with van der Waals surface area (Å²) in [5.41, 5.74) is 6.15. The molecule has 1 aromatic heterocycles. The Hall–Kier alpha value is -2.08. The lowest BCUT2D eigenvalue weighted by atomic mass is 9.90. The first kappa shape index (κ1) is 20.6. The van der Waals surface area contributed by atoms with Crippen LogP contribution in [0.4, 0.5) is 0 Å². The molecule has 2 aliphatic rings. The zero-order valence-electron chi connectivity index (χ0n) is 15.8. The van der Waals surface area contributed by atoms with E-state index in [0.29, 0.717) is 13.2 Å². The topological polar surface area (TPSA) is 47.6 Å². The smallest absolute Gasteiger partial charge is 0.330 e. The number of carbonyl (C=O) groups is 1. The second-order valence-electron chi connectivity index (χ2n) is 6.63. The summed E-state index contributed by atoms with van der Waals surface area (Å²) >= 11 is 1.78. The molecule has 2 aliphatic heterocycles. The van der Waals surface area contributed by atoms with Crippen molar-refractivity contribution >= 4 is 41.4 Å². The number of thiophene rings is 1. The highest BCUT2D eigenvalue weighted by molar-refractivity contribution is 7.11. The van der Waals surface area contributed by atoms with Gasteiger partial charge in [0.05, 0.1) is 6.61 Å². The summed E-state index contributed by atoms with van der Waals surface area (Å²) in [4.78, 5) is 13.0. The number of piperidine rings is 1. The summed E-state index contributed by atoms with van der Waals surface area (Å²) in [5, 5.41) is 5.59. The monoisotopic (exact) mass is 417 g/mol. The second-order valence-corrected chi connectivity index (χ2v) is 7.55. The quantitative estimate of drug-likeness (QED) is 0.574. The van der Waals surface area contributed by atoms with E-state index in [0.717, 1.165) is 42.8 Å². The van der Waals surface area contributed by atoms with Crippen LogP contribution in [0.5, 0.6) is 5.75 Å². The van der Waals surface area contributed by atoms with Gasteiger partial charge in [-0.15, -0.1) is 23.7 Å². The van der Waals surface area contributed by atoms with Crippen molar-refractivity contribution in [1.29, 1.82) is 0 Å². The molecule has 2 aromatic rings. The number of ether oxygens (including phenoxy) is 2. The Morgan fingerprint density at radius 3 is 2.89 bits per heavy atom. The van der Waals surface area contributed by atoms with Crippen LogP contribution in [-0.4, -0.2) is 25.7 Å². The fourth-order valence-electron chi connectivity index (χ4n) is 3.60. The third kappa shape index (κ3) is 4.32. The summed E-state index contributed by atoms with van der Waals surface area (Å²) in [6, 6.07) is 8.29. The van der Waals surface area contributed by atoms with Crippen molar-refractivity contribution in [2.75, 3.05) is 19.7 Å². The number of carbonyl (C=O) groups excluding carboxylic acids is 1. The van der Waals surface area contributed by atoms with Gasteiger partial charge in [-0.3, -0.25) is 0 Å². The Morgan fingerprint density at radius 2 is 2.11 bits per heavy atom. The molecule has 0 amide bonds. The van der Waals surface area contributed by atoms with E-state index in [2.05, 4.69) is 22.8 Å². The van der Waals surface area contributed by atoms with Crippen molar-refractivity contribution in [3.8, 4) is 5.75 Å². The Morgan fingerprint density at radius 1 is 1.29 bits per heavy atom. The minimum Gasteiger partial charge on any atom is -0.488 e. The molecule has 1 N–H and O–H groups in total. The molecule has 0 spiro atoms.